The monoisotopic (exact) mass is 347 g/mol. The highest BCUT2D eigenvalue weighted by molar-refractivity contribution is 5.99. The summed E-state index contributed by atoms with van der Waals surface area (Å²) >= 11 is 0. The zero-order chi connectivity index (χ0) is 16.3. The Hall–Kier alpha value is -2.11. The topological polar surface area (TPSA) is 77.2 Å². The number of anilines is 2. The Morgan fingerprint density at radius 1 is 1.17 bits per heavy atom. The summed E-state index contributed by atoms with van der Waals surface area (Å²) in [6.45, 7) is 3.21. The van der Waals surface area contributed by atoms with E-state index in [1.165, 1.54) is 5.56 Å². The van der Waals surface area contributed by atoms with Crippen molar-refractivity contribution in [1.82, 2.24) is 4.98 Å². The van der Waals surface area contributed by atoms with Crippen molar-refractivity contribution in [1.29, 1.82) is 0 Å². The van der Waals surface area contributed by atoms with Crippen LogP contribution in [0.5, 0.6) is 0 Å². The molecule has 0 atom stereocenters. The number of hydrogen-bond acceptors (Lipinski definition) is 4. The summed E-state index contributed by atoms with van der Waals surface area (Å²) in [7, 11) is 0. The zero-order valence-corrected chi connectivity index (χ0v) is 14.4. The van der Waals surface area contributed by atoms with Crippen molar-refractivity contribution in [3.63, 3.8) is 0 Å². The number of rotatable bonds is 3. The zero-order valence-electron chi connectivity index (χ0n) is 13.6. The van der Waals surface area contributed by atoms with Crippen LogP contribution in [0.25, 0.3) is 0 Å². The molecule has 1 fully saturated rings. The van der Waals surface area contributed by atoms with Gasteiger partial charge in [0.15, 0.2) is 0 Å². The number of ether oxygens (including phenoxy) is 1. The summed E-state index contributed by atoms with van der Waals surface area (Å²) in [5, 5.41) is 2.98. The molecule has 0 aliphatic carbocycles. The summed E-state index contributed by atoms with van der Waals surface area (Å²) in [6.07, 6.45) is 2.92. The fourth-order valence-corrected chi connectivity index (χ4v) is 2.97. The number of nitrogens with one attached hydrogen (secondary N) is 1. The molecule has 2 aromatic rings. The highest BCUT2D eigenvalue weighted by Gasteiger charge is 2.41. The third kappa shape index (κ3) is 3.68. The molecule has 3 rings (SSSR count). The molecule has 0 spiro atoms. The van der Waals surface area contributed by atoms with Crippen LogP contribution in [0.15, 0.2) is 42.6 Å². The number of carbonyl (C=O) groups is 1. The molecule has 1 aromatic carbocycles. The van der Waals surface area contributed by atoms with Crippen molar-refractivity contribution in [2.45, 2.75) is 25.2 Å². The maximum absolute atomic E-state index is 13.0. The summed E-state index contributed by atoms with van der Waals surface area (Å²) in [6, 6.07) is 11.6. The summed E-state index contributed by atoms with van der Waals surface area (Å²) in [4.78, 5) is 17.1. The number of aryl methyl sites for hydroxylation is 1. The lowest BCUT2D eigenvalue weighted by Gasteiger charge is -2.36. The Bertz CT molecular complexity index is 680. The number of pyridine rings is 1. The van der Waals surface area contributed by atoms with E-state index in [0.717, 1.165) is 5.56 Å². The van der Waals surface area contributed by atoms with Gasteiger partial charge in [-0.25, -0.2) is 4.98 Å². The van der Waals surface area contributed by atoms with Gasteiger partial charge in [-0.1, -0.05) is 29.8 Å². The van der Waals surface area contributed by atoms with Gasteiger partial charge in [0.2, 0.25) is 5.91 Å². The smallest absolute Gasteiger partial charge is 0.235 e. The van der Waals surface area contributed by atoms with Gasteiger partial charge in [0.25, 0.3) is 0 Å². The van der Waals surface area contributed by atoms with Gasteiger partial charge in [0.05, 0.1) is 17.3 Å². The van der Waals surface area contributed by atoms with Gasteiger partial charge in [-0.2, -0.15) is 0 Å². The molecule has 1 aliphatic rings. The van der Waals surface area contributed by atoms with E-state index in [-0.39, 0.29) is 18.3 Å². The molecule has 0 unspecified atom stereocenters. The van der Waals surface area contributed by atoms with E-state index in [1.807, 2.05) is 31.2 Å². The van der Waals surface area contributed by atoms with Crippen molar-refractivity contribution < 1.29 is 9.53 Å². The molecule has 1 aromatic heterocycles. The molecule has 1 amide bonds. The second kappa shape index (κ2) is 7.64. The molecule has 0 radical (unpaired) electrons. The first-order chi connectivity index (χ1) is 11.1. The summed E-state index contributed by atoms with van der Waals surface area (Å²) in [5.41, 5.74) is 7.90. The number of carbonyl (C=O) groups excluding carboxylic acids is 1. The highest BCUT2D eigenvalue weighted by atomic mass is 35.5. The first-order valence-electron chi connectivity index (χ1n) is 7.78. The second-order valence-electron chi connectivity index (χ2n) is 5.99. The number of nitrogens with zero attached hydrogens (tertiary/aromatic N) is 1. The average molecular weight is 348 g/mol. The molecule has 24 heavy (non-hydrogen) atoms. The molecule has 128 valence electrons. The Balaban J connectivity index is 0.00000208. The average Bonchev–Trinajstić information content (AvgIpc) is 2.58. The quantitative estimate of drug-likeness (QED) is 0.894. The number of benzene rings is 1. The van der Waals surface area contributed by atoms with Crippen molar-refractivity contribution in [2.75, 3.05) is 24.3 Å². The van der Waals surface area contributed by atoms with Crippen LogP contribution in [-0.2, 0) is 14.9 Å². The number of aromatic nitrogens is 1. The highest BCUT2D eigenvalue weighted by Crippen LogP contribution is 2.36. The van der Waals surface area contributed by atoms with Gasteiger partial charge in [0.1, 0.15) is 5.82 Å². The van der Waals surface area contributed by atoms with Gasteiger partial charge in [0, 0.05) is 13.2 Å². The lowest BCUT2D eigenvalue weighted by molar-refractivity contribution is -0.125. The number of nitrogen functional groups attached to an aromatic ring is 1. The molecule has 3 N–H and O–H groups in total. The predicted octanol–water partition coefficient (Wildman–Crippen LogP) is 3.08. The van der Waals surface area contributed by atoms with Crippen LogP contribution < -0.4 is 11.1 Å². The van der Waals surface area contributed by atoms with E-state index >= 15 is 0 Å². The van der Waals surface area contributed by atoms with Crippen LogP contribution >= 0.6 is 12.4 Å². The fourth-order valence-electron chi connectivity index (χ4n) is 2.97. The largest absolute Gasteiger partial charge is 0.384 e. The molecular formula is C18H22ClN3O2. The maximum atomic E-state index is 13.0. The number of nitrogens with two attached hydrogens (primary N) is 1. The fraction of sp³-hybridized carbons (Fsp3) is 0.333. The Kier molecular flexibility index (Phi) is 5.80. The predicted molar refractivity (Wildman–Crippen MR) is 97.4 cm³/mol. The maximum Gasteiger partial charge on any atom is 0.235 e. The van der Waals surface area contributed by atoms with Gasteiger partial charge in [-0.05, 0) is 37.5 Å². The first kappa shape index (κ1) is 18.2. The molecule has 2 heterocycles. The number of halogens is 1. The third-order valence-corrected chi connectivity index (χ3v) is 4.43. The first-order valence-corrected chi connectivity index (χ1v) is 7.78. The van der Waals surface area contributed by atoms with E-state index in [4.69, 9.17) is 10.5 Å². The Morgan fingerprint density at radius 3 is 2.42 bits per heavy atom. The van der Waals surface area contributed by atoms with E-state index in [9.17, 15) is 4.79 Å². The molecule has 0 saturated carbocycles. The van der Waals surface area contributed by atoms with Gasteiger partial charge < -0.3 is 15.8 Å². The van der Waals surface area contributed by atoms with Crippen molar-refractivity contribution in [2.24, 2.45) is 0 Å². The van der Waals surface area contributed by atoms with Crippen LogP contribution in [0, 0.1) is 6.92 Å². The Labute approximate surface area is 148 Å². The SMILES string of the molecule is Cc1ccc(C2(C(=O)Nc3ccc(N)nc3)CCOCC2)cc1.Cl. The Morgan fingerprint density at radius 2 is 1.83 bits per heavy atom. The third-order valence-electron chi connectivity index (χ3n) is 4.43. The minimum Gasteiger partial charge on any atom is -0.384 e. The number of hydrogen-bond donors (Lipinski definition) is 2. The van der Waals surface area contributed by atoms with Gasteiger partial charge in [-0.15, -0.1) is 12.4 Å². The van der Waals surface area contributed by atoms with Crippen LogP contribution in [-0.4, -0.2) is 24.1 Å². The van der Waals surface area contributed by atoms with E-state index in [1.54, 1.807) is 18.3 Å². The normalized spacial score (nSPS) is 16.0. The van der Waals surface area contributed by atoms with Gasteiger partial charge >= 0.3 is 0 Å². The lowest BCUT2D eigenvalue weighted by Crippen LogP contribution is -2.44. The number of amides is 1. The van der Waals surface area contributed by atoms with Crippen LogP contribution in [0.2, 0.25) is 0 Å². The molecule has 6 heteroatoms. The van der Waals surface area contributed by atoms with E-state index in [0.29, 0.717) is 37.6 Å². The van der Waals surface area contributed by atoms with Crippen LogP contribution in [0.4, 0.5) is 11.5 Å². The van der Waals surface area contributed by atoms with Crippen molar-refractivity contribution >= 4 is 29.8 Å². The standard InChI is InChI=1S/C18H21N3O2.ClH/c1-13-2-4-14(5-3-13)18(8-10-23-11-9-18)17(22)21-15-6-7-16(19)20-12-15;/h2-7,12H,8-11H2,1H3,(H2,19,20)(H,21,22);1H. The molecule has 1 saturated heterocycles. The molecule has 5 nitrogen and oxygen atoms in total. The molecule has 1 aliphatic heterocycles. The summed E-state index contributed by atoms with van der Waals surface area (Å²) < 4.78 is 5.48. The van der Waals surface area contributed by atoms with Gasteiger partial charge in [-0.3, -0.25) is 4.79 Å². The molecule has 0 bridgehead atoms. The van der Waals surface area contributed by atoms with Crippen molar-refractivity contribution in [3.8, 4) is 0 Å². The van der Waals surface area contributed by atoms with Crippen LogP contribution in [0.1, 0.15) is 24.0 Å². The second-order valence-corrected chi connectivity index (χ2v) is 5.99. The van der Waals surface area contributed by atoms with E-state index in [2.05, 4.69) is 10.3 Å². The lowest BCUT2D eigenvalue weighted by atomic mass is 9.73. The summed E-state index contributed by atoms with van der Waals surface area (Å²) in [5.74, 6) is 0.415. The van der Waals surface area contributed by atoms with Crippen LogP contribution in [0.3, 0.4) is 0 Å². The minimum absolute atomic E-state index is 0. The van der Waals surface area contributed by atoms with Crippen molar-refractivity contribution in [3.05, 3.63) is 53.7 Å². The van der Waals surface area contributed by atoms with E-state index < -0.39 is 5.41 Å². The molecular weight excluding hydrogens is 326 g/mol. The minimum atomic E-state index is -0.562.